The second kappa shape index (κ2) is 13.1. The number of para-hydroxylation sites is 2. The zero-order valence-corrected chi connectivity index (χ0v) is 15.9. The Labute approximate surface area is 166 Å². The van der Waals surface area contributed by atoms with Gasteiger partial charge in [0.05, 0.1) is 4.92 Å². The molecule has 1 aliphatic heterocycles. The van der Waals surface area contributed by atoms with E-state index in [9.17, 15) is 10.1 Å². The summed E-state index contributed by atoms with van der Waals surface area (Å²) < 4.78 is 5.59. The van der Waals surface area contributed by atoms with Crippen LogP contribution in [0.2, 0.25) is 0 Å². The monoisotopic (exact) mass is 378 g/mol. The number of benzene rings is 3. The van der Waals surface area contributed by atoms with Gasteiger partial charge in [-0.15, -0.1) is 0 Å². The zero-order chi connectivity index (χ0) is 19.9. The fourth-order valence-electron chi connectivity index (χ4n) is 2.43. The standard InChI is InChI=1S/C13H12O.C6H5NO2.C4H9N/c1-3-7-12(8-4-1)11-14-13-9-5-2-6-10-13;8-7(9)6-4-2-1-3-5-6;1-2-4-5-3-1/h1-10H,11H2;1-5H;5H,1-4H2. The quantitative estimate of drug-likeness (QED) is 0.499. The Balaban J connectivity index is 0.000000170. The fraction of sp³-hybridized carbons (Fsp3) is 0.217. The predicted octanol–water partition coefficient (Wildman–Crippen LogP) is 5.23. The van der Waals surface area contributed by atoms with Crippen LogP contribution in [0.4, 0.5) is 5.69 Å². The molecule has 1 fully saturated rings. The Morgan fingerprint density at radius 2 is 1.29 bits per heavy atom. The minimum absolute atomic E-state index is 0.137. The molecule has 1 N–H and O–H groups in total. The van der Waals surface area contributed by atoms with Gasteiger partial charge in [-0.1, -0.05) is 66.7 Å². The number of non-ortho nitro benzene ring substituents is 1. The van der Waals surface area contributed by atoms with Gasteiger partial charge in [-0.2, -0.15) is 0 Å². The van der Waals surface area contributed by atoms with Gasteiger partial charge in [0.15, 0.2) is 0 Å². The lowest BCUT2D eigenvalue weighted by atomic mass is 10.2. The van der Waals surface area contributed by atoms with E-state index in [1.54, 1.807) is 18.2 Å². The lowest BCUT2D eigenvalue weighted by Crippen LogP contribution is -2.03. The number of nitrogens with zero attached hydrogens (tertiary/aromatic N) is 1. The maximum atomic E-state index is 10.0. The number of nitro benzene ring substituents is 1. The van der Waals surface area contributed by atoms with Crippen LogP contribution in [0.1, 0.15) is 18.4 Å². The number of ether oxygens (including phenoxy) is 1. The highest BCUT2D eigenvalue weighted by Crippen LogP contribution is 2.11. The first-order chi connectivity index (χ1) is 13.8. The van der Waals surface area contributed by atoms with Crippen molar-refractivity contribution in [2.75, 3.05) is 13.1 Å². The van der Waals surface area contributed by atoms with Crippen LogP contribution in [-0.2, 0) is 6.61 Å². The summed E-state index contributed by atoms with van der Waals surface area (Å²) in [6, 6.07) is 27.9. The van der Waals surface area contributed by atoms with Crippen molar-refractivity contribution >= 4 is 5.69 Å². The summed E-state index contributed by atoms with van der Waals surface area (Å²) in [6.45, 7) is 3.13. The van der Waals surface area contributed by atoms with Gasteiger partial charge in [0.25, 0.3) is 5.69 Å². The van der Waals surface area contributed by atoms with E-state index in [0.29, 0.717) is 6.61 Å². The Hall–Kier alpha value is -3.18. The second-order valence-electron chi connectivity index (χ2n) is 6.14. The molecule has 3 aromatic rings. The molecule has 1 aliphatic rings. The van der Waals surface area contributed by atoms with E-state index in [4.69, 9.17) is 4.74 Å². The van der Waals surface area contributed by atoms with Gasteiger partial charge in [-0.25, -0.2) is 0 Å². The van der Waals surface area contributed by atoms with Gasteiger partial charge in [0.1, 0.15) is 12.4 Å². The number of hydrogen-bond acceptors (Lipinski definition) is 4. The van der Waals surface area contributed by atoms with Crippen molar-refractivity contribution < 1.29 is 9.66 Å². The van der Waals surface area contributed by atoms with Crippen LogP contribution in [0.3, 0.4) is 0 Å². The Morgan fingerprint density at radius 3 is 1.71 bits per heavy atom. The Bertz CT molecular complexity index is 730. The van der Waals surface area contributed by atoms with Crippen LogP contribution in [0.5, 0.6) is 5.75 Å². The molecule has 5 heteroatoms. The van der Waals surface area contributed by atoms with Crippen molar-refractivity contribution in [1.29, 1.82) is 0 Å². The van der Waals surface area contributed by atoms with E-state index >= 15 is 0 Å². The smallest absolute Gasteiger partial charge is 0.269 e. The molecular weight excluding hydrogens is 352 g/mol. The van der Waals surface area contributed by atoms with Crippen molar-refractivity contribution in [3.8, 4) is 5.75 Å². The molecule has 0 bridgehead atoms. The van der Waals surface area contributed by atoms with E-state index < -0.39 is 4.92 Å². The fourth-order valence-corrected chi connectivity index (χ4v) is 2.43. The van der Waals surface area contributed by atoms with Gasteiger partial charge >= 0.3 is 0 Å². The summed E-state index contributed by atoms with van der Waals surface area (Å²) in [4.78, 5) is 9.59. The maximum absolute atomic E-state index is 10.0. The molecule has 1 heterocycles. The molecule has 0 saturated carbocycles. The number of hydrogen-bond donors (Lipinski definition) is 1. The topological polar surface area (TPSA) is 64.4 Å². The van der Waals surface area contributed by atoms with Crippen molar-refractivity contribution in [3.63, 3.8) is 0 Å². The molecule has 4 rings (SSSR count). The minimum Gasteiger partial charge on any atom is -0.489 e. The summed E-state index contributed by atoms with van der Waals surface area (Å²) in [7, 11) is 0. The highest BCUT2D eigenvalue weighted by molar-refractivity contribution is 5.28. The van der Waals surface area contributed by atoms with Crippen LogP contribution < -0.4 is 10.1 Å². The highest BCUT2D eigenvalue weighted by atomic mass is 16.6. The molecule has 0 atom stereocenters. The molecule has 0 aliphatic carbocycles. The first kappa shape index (κ1) is 21.1. The van der Waals surface area contributed by atoms with Gasteiger partial charge in [-0.05, 0) is 43.6 Å². The van der Waals surface area contributed by atoms with Crippen molar-refractivity contribution in [1.82, 2.24) is 5.32 Å². The molecule has 146 valence electrons. The van der Waals surface area contributed by atoms with Gasteiger partial charge in [0, 0.05) is 12.1 Å². The van der Waals surface area contributed by atoms with Gasteiger partial charge in [-0.3, -0.25) is 10.1 Å². The summed E-state index contributed by atoms with van der Waals surface area (Å²) in [5.74, 6) is 0.913. The normalized spacial score (nSPS) is 12.0. The average molecular weight is 378 g/mol. The first-order valence-corrected chi connectivity index (χ1v) is 9.37. The van der Waals surface area contributed by atoms with E-state index in [1.807, 2.05) is 48.5 Å². The van der Waals surface area contributed by atoms with Crippen molar-refractivity contribution in [2.45, 2.75) is 19.4 Å². The molecular formula is C23H26N2O3. The molecule has 1 saturated heterocycles. The maximum Gasteiger partial charge on any atom is 0.269 e. The third-order valence-electron chi connectivity index (χ3n) is 3.92. The van der Waals surface area contributed by atoms with Crippen LogP contribution >= 0.6 is 0 Å². The third kappa shape index (κ3) is 8.96. The van der Waals surface area contributed by atoms with Crippen LogP contribution in [0.25, 0.3) is 0 Å². The Morgan fingerprint density at radius 1 is 0.786 bits per heavy atom. The Kier molecular flexibility index (Phi) is 9.85. The molecule has 3 aromatic carbocycles. The molecule has 5 nitrogen and oxygen atoms in total. The number of nitro groups is 1. The largest absolute Gasteiger partial charge is 0.489 e. The highest BCUT2D eigenvalue weighted by Gasteiger charge is 1.98. The second-order valence-corrected chi connectivity index (χ2v) is 6.14. The lowest BCUT2D eigenvalue weighted by molar-refractivity contribution is -0.384. The molecule has 0 unspecified atom stereocenters. The van der Waals surface area contributed by atoms with Crippen LogP contribution in [0, 0.1) is 10.1 Å². The summed E-state index contributed by atoms with van der Waals surface area (Å²) in [5, 5.41) is 13.2. The summed E-state index contributed by atoms with van der Waals surface area (Å²) >= 11 is 0. The minimum atomic E-state index is -0.417. The third-order valence-corrected chi connectivity index (χ3v) is 3.92. The zero-order valence-electron chi connectivity index (χ0n) is 15.9. The van der Waals surface area contributed by atoms with Crippen molar-refractivity contribution in [3.05, 3.63) is 107 Å². The summed E-state index contributed by atoms with van der Waals surface area (Å²) in [5.41, 5.74) is 1.33. The number of rotatable bonds is 4. The van der Waals surface area contributed by atoms with E-state index in [-0.39, 0.29) is 5.69 Å². The van der Waals surface area contributed by atoms with E-state index in [0.717, 1.165) is 5.75 Å². The number of nitrogens with one attached hydrogen (secondary N) is 1. The lowest BCUT2D eigenvalue weighted by Gasteiger charge is -2.05. The predicted molar refractivity (Wildman–Crippen MR) is 112 cm³/mol. The van der Waals surface area contributed by atoms with Crippen molar-refractivity contribution in [2.24, 2.45) is 0 Å². The molecule has 0 aromatic heterocycles. The first-order valence-electron chi connectivity index (χ1n) is 9.37. The average Bonchev–Trinajstić information content (AvgIpc) is 3.35. The van der Waals surface area contributed by atoms with Gasteiger partial charge < -0.3 is 10.1 Å². The SMILES string of the molecule is C1CCNC1.O=[N+]([O-])c1ccccc1.c1ccc(COc2ccccc2)cc1. The van der Waals surface area contributed by atoms with E-state index in [2.05, 4.69) is 17.4 Å². The molecule has 0 spiro atoms. The molecule has 0 radical (unpaired) electrons. The molecule has 28 heavy (non-hydrogen) atoms. The summed E-state index contributed by atoms with van der Waals surface area (Å²) in [6.07, 6.45) is 2.78. The molecule has 0 amide bonds. The van der Waals surface area contributed by atoms with Gasteiger partial charge in [0.2, 0.25) is 0 Å². The van der Waals surface area contributed by atoms with Crippen LogP contribution in [0.15, 0.2) is 91.0 Å². The van der Waals surface area contributed by atoms with Crippen LogP contribution in [-0.4, -0.2) is 18.0 Å². The van der Waals surface area contributed by atoms with E-state index in [1.165, 1.54) is 43.6 Å².